The number of carbonyl (C=O) groups is 4. The Labute approximate surface area is 201 Å². The van der Waals surface area contributed by atoms with Crippen LogP contribution in [0, 0.1) is 17.8 Å². The summed E-state index contributed by atoms with van der Waals surface area (Å²) in [5.41, 5.74) is 7.54. The second-order valence-corrected chi connectivity index (χ2v) is 8.89. The number of hydrogen-bond acceptors (Lipinski definition) is 7. The predicted octanol–water partition coefficient (Wildman–Crippen LogP) is 0.605. The molecule has 0 saturated carbocycles. The van der Waals surface area contributed by atoms with Gasteiger partial charge in [-0.2, -0.15) is 0 Å². The number of amides is 4. The molecule has 1 atom stereocenters. The third kappa shape index (κ3) is 4.45. The number of nitrogens with one attached hydrogen (secondary N) is 1. The Morgan fingerprint density at radius 3 is 2.57 bits per heavy atom. The molecule has 0 bridgehead atoms. The highest BCUT2D eigenvalue weighted by Gasteiger charge is 2.39. The van der Waals surface area contributed by atoms with E-state index in [1.54, 1.807) is 17.2 Å². The summed E-state index contributed by atoms with van der Waals surface area (Å²) in [6.07, 6.45) is 5.21. The number of piperidine rings is 2. The molecule has 1 unspecified atom stereocenters. The Morgan fingerprint density at radius 1 is 1.09 bits per heavy atom. The van der Waals surface area contributed by atoms with Crippen molar-refractivity contribution in [3.63, 3.8) is 0 Å². The molecule has 3 N–H and O–H groups in total. The molecule has 3 aliphatic heterocycles. The van der Waals surface area contributed by atoms with Crippen LogP contribution in [0.1, 0.15) is 57.7 Å². The molecule has 4 amide bonds. The van der Waals surface area contributed by atoms with Gasteiger partial charge in [0.25, 0.3) is 11.8 Å². The van der Waals surface area contributed by atoms with E-state index in [1.165, 1.54) is 6.20 Å². The minimum atomic E-state index is -0.641. The lowest BCUT2D eigenvalue weighted by Crippen LogP contribution is -2.52. The van der Waals surface area contributed by atoms with Gasteiger partial charge in [-0.15, -0.1) is 0 Å². The average molecular weight is 473 g/mol. The molecule has 0 spiro atoms. The van der Waals surface area contributed by atoms with Gasteiger partial charge in [-0.3, -0.25) is 24.5 Å². The van der Waals surface area contributed by atoms with Crippen molar-refractivity contribution in [3.05, 3.63) is 53.0 Å². The minimum Gasteiger partial charge on any atom is -0.364 e. The van der Waals surface area contributed by atoms with Gasteiger partial charge < -0.3 is 15.5 Å². The van der Waals surface area contributed by atoms with Crippen LogP contribution in [-0.2, 0) is 16.1 Å². The molecule has 10 heteroatoms. The van der Waals surface area contributed by atoms with Crippen LogP contribution in [0.15, 0.2) is 30.6 Å². The molecule has 0 aliphatic carbocycles. The fourth-order valence-electron chi connectivity index (χ4n) is 4.75. The standard InChI is InChI=1S/C25H24N6O4/c26-23(33)19-12-28-21(13-27-19)30-10-8-15(9-11-30)4-5-16-2-1-3-17-18(16)14-31(25(17)35)20-6-7-22(32)29-24(20)34/h1-3,12-13,15,20H,6-11,14H2,(H2,26,33)(H,29,32,34). The van der Waals surface area contributed by atoms with Crippen molar-refractivity contribution < 1.29 is 19.2 Å². The summed E-state index contributed by atoms with van der Waals surface area (Å²) in [5, 5.41) is 2.33. The first-order chi connectivity index (χ1) is 16.9. The summed E-state index contributed by atoms with van der Waals surface area (Å²) >= 11 is 0. The van der Waals surface area contributed by atoms with Gasteiger partial charge in [0.2, 0.25) is 11.8 Å². The lowest BCUT2D eigenvalue weighted by molar-refractivity contribution is -0.136. The maximum atomic E-state index is 13.0. The van der Waals surface area contributed by atoms with Crippen molar-refractivity contribution in [2.45, 2.75) is 38.3 Å². The summed E-state index contributed by atoms with van der Waals surface area (Å²) in [5.74, 6) is 6.00. The Morgan fingerprint density at radius 2 is 1.89 bits per heavy atom. The van der Waals surface area contributed by atoms with Crippen molar-refractivity contribution >= 4 is 29.4 Å². The summed E-state index contributed by atoms with van der Waals surface area (Å²) in [6, 6.07) is 4.83. The highest BCUT2D eigenvalue weighted by molar-refractivity contribution is 6.05. The quantitative estimate of drug-likeness (QED) is 0.493. The summed E-state index contributed by atoms with van der Waals surface area (Å²) in [6.45, 7) is 1.83. The monoisotopic (exact) mass is 472 g/mol. The molecule has 2 fully saturated rings. The smallest absolute Gasteiger partial charge is 0.268 e. The first-order valence-corrected chi connectivity index (χ1v) is 11.6. The molecular weight excluding hydrogens is 448 g/mol. The normalized spacial score (nSPS) is 20.2. The Hall–Kier alpha value is -4.26. The first kappa shape index (κ1) is 22.5. The molecule has 2 saturated heterocycles. The van der Waals surface area contributed by atoms with Crippen LogP contribution >= 0.6 is 0 Å². The lowest BCUT2D eigenvalue weighted by Gasteiger charge is -2.30. The Balaban J connectivity index is 1.25. The SMILES string of the molecule is NC(=O)c1cnc(N2CCC(C#Cc3cccc4c3CN(C3CCC(=O)NC3=O)C4=O)CC2)cn1. The maximum absolute atomic E-state index is 13.0. The summed E-state index contributed by atoms with van der Waals surface area (Å²) < 4.78 is 0. The van der Waals surface area contributed by atoms with Crippen LogP contribution in [0.2, 0.25) is 0 Å². The van der Waals surface area contributed by atoms with Crippen LogP contribution in [0.5, 0.6) is 0 Å². The maximum Gasteiger partial charge on any atom is 0.268 e. The number of anilines is 1. The molecule has 1 aromatic heterocycles. The number of nitrogens with zero attached hydrogens (tertiary/aromatic N) is 4. The molecule has 178 valence electrons. The van der Waals surface area contributed by atoms with Crippen molar-refractivity contribution in [2.24, 2.45) is 11.7 Å². The average Bonchev–Trinajstić information content (AvgIpc) is 3.20. The molecule has 1 aromatic carbocycles. The fourth-order valence-corrected chi connectivity index (χ4v) is 4.75. The third-order valence-corrected chi connectivity index (χ3v) is 6.70. The topological polar surface area (TPSA) is 139 Å². The molecule has 2 aromatic rings. The number of benzene rings is 1. The molecule has 10 nitrogen and oxygen atoms in total. The van der Waals surface area contributed by atoms with Gasteiger partial charge in [-0.1, -0.05) is 17.9 Å². The lowest BCUT2D eigenvalue weighted by atomic mass is 9.96. The zero-order valence-electron chi connectivity index (χ0n) is 19.0. The van der Waals surface area contributed by atoms with Gasteiger partial charge in [0, 0.05) is 43.1 Å². The van der Waals surface area contributed by atoms with Gasteiger partial charge in [-0.25, -0.2) is 9.97 Å². The van der Waals surface area contributed by atoms with Crippen molar-refractivity contribution in [1.82, 2.24) is 20.2 Å². The second-order valence-electron chi connectivity index (χ2n) is 8.89. The number of aromatic nitrogens is 2. The van der Waals surface area contributed by atoms with E-state index in [1.807, 2.05) is 12.1 Å². The van der Waals surface area contributed by atoms with E-state index in [-0.39, 0.29) is 29.8 Å². The molecule has 4 heterocycles. The Bertz CT molecular complexity index is 1270. The van der Waals surface area contributed by atoms with Gasteiger partial charge in [0.05, 0.1) is 12.4 Å². The van der Waals surface area contributed by atoms with Gasteiger partial charge >= 0.3 is 0 Å². The fraction of sp³-hybridized carbons (Fsp3) is 0.360. The van der Waals surface area contributed by atoms with Gasteiger partial charge in [-0.05, 0) is 37.0 Å². The second kappa shape index (κ2) is 9.18. The van der Waals surface area contributed by atoms with Crippen LogP contribution < -0.4 is 16.0 Å². The van der Waals surface area contributed by atoms with E-state index >= 15 is 0 Å². The third-order valence-electron chi connectivity index (χ3n) is 6.70. The van der Waals surface area contributed by atoms with Crippen LogP contribution in [0.4, 0.5) is 5.82 Å². The number of primary amides is 1. The van der Waals surface area contributed by atoms with Gasteiger partial charge in [0.1, 0.15) is 17.6 Å². The molecular formula is C25H24N6O4. The molecule has 35 heavy (non-hydrogen) atoms. The number of rotatable bonds is 3. The van der Waals surface area contributed by atoms with Crippen molar-refractivity contribution in [2.75, 3.05) is 18.0 Å². The number of hydrogen-bond donors (Lipinski definition) is 2. The largest absolute Gasteiger partial charge is 0.364 e. The van der Waals surface area contributed by atoms with Crippen LogP contribution in [0.25, 0.3) is 0 Å². The number of fused-ring (bicyclic) bond motifs is 1. The summed E-state index contributed by atoms with van der Waals surface area (Å²) in [4.78, 5) is 59.9. The first-order valence-electron chi connectivity index (χ1n) is 11.6. The zero-order chi connectivity index (χ0) is 24.5. The summed E-state index contributed by atoms with van der Waals surface area (Å²) in [7, 11) is 0. The van der Waals surface area contributed by atoms with E-state index in [9.17, 15) is 19.2 Å². The van der Waals surface area contributed by atoms with E-state index in [2.05, 4.69) is 32.0 Å². The number of nitrogens with two attached hydrogens (primary N) is 1. The predicted molar refractivity (Wildman–Crippen MR) is 125 cm³/mol. The molecule has 5 rings (SSSR count). The van der Waals surface area contributed by atoms with E-state index in [4.69, 9.17) is 5.73 Å². The number of imide groups is 1. The van der Waals surface area contributed by atoms with Crippen LogP contribution in [0.3, 0.4) is 0 Å². The molecule has 0 radical (unpaired) electrons. The van der Waals surface area contributed by atoms with Crippen molar-refractivity contribution in [3.8, 4) is 11.8 Å². The molecule has 3 aliphatic rings. The van der Waals surface area contributed by atoms with Crippen molar-refractivity contribution in [1.29, 1.82) is 0 Å². The van der Waals surface area contributed by atoms with Crippen LogP contribution in [-0.4, -0.2) is 57.6 Å². The number of carbonyl (C=O) groups excluding carboxylic acids is 4. The highest BCUT2D eigenvalue weighted by atomic mass is 16.2. The highest BCUT2D eigenvalue weighted by Crippen LogP contribution is 2.30. The van der Waals surface area contributed by atoms with E-state index in [0.717, 1.165) is 37.1 Å². The van der Waals surface area contributed by atoms with E-state index < -0.39 is 17.9 Å². The Kier molecular flexibility index (Phi) is 5.91. The van der Waals surface area contributed by atoms with Gasteiger partial charge in [0.15, 0.2) is 0 Å². The van der Waals surface area contributed by atoms with E-state index in [0.29, 0.717) is 24.3 Å². The minimum absolute atomic E-state index is 0.138. The zero-order valence-corrected chi connectivity index (χ0v) is 19.0.